The maximum atomic E-state index is 4.45. The van der Waals surface area contributed by atoms with Crippen molar-refractivity contribution in [3.63, 3.8) is 0 Å². The molecule has 0 N–H and O–H groups in total. The number of azo groups is 1. The van der Waals surface area contributed by atoms with Gasteiger partial charge in [-0.3, -0.25) is 0 Å². The molecule has 0 aromatic heterocycles. The largest absolute Gasteiger partial charge is 0.372 e. The van der Waals surface area contributed by atoms with E-state index in [4.69, 9.17) is 0 Å². The van der Waals surface area contributed by atoms with Crippen LogP contribution >= 0.6 is 0 Å². The van der Waals surface area contributed by atoms with Gasteiger partial charge in [0, 0.05) is 18.8 Å². The quantitative estimate of drug-likeness (QED) is 0.171. The molecule has 4 aromatic rings. The van der Waals surface area contributed by atoms with Gasteiger partial charge in [-0.05, 0) is 77.6 Å². The van der Waals surface area contributed by atoms with Crippen LogP contribution in [0.1, 0.15) is 43.4 Å². The number of benzene rings is 4. The fourth-order valence-electron chi connectivity index (χ4n) is 4.13. The molecule has 0 bridgehead atoms. The third-order valence-corrected chi connectivity index (χ3v) is 5.86. The molecule has 0 atom stereocenters. The zero-order valence-electron chi connectivity index (χ0n) is 20.6. The van der Waals surface area contributed by atoms with Crippen molar-refractivity contribution in [3.8, 4) is 0 Å². The van der Waals surface area contributed by atoms with E-state index in [1.165, 1.54) is 22.4 Å². The fraction of sp³-hybridized carbons (Fsp3) is 0.188. The summed E-state index contributed by atoms with van der Waals surface area (Å²) >= 11 is 0. The number of hydrogen-bond donors (Lipinski definition) is 0. The lowest BCUT2D eigenvalue weighted by molar-refractivity contribution is 0.745. The van der Waals surface area contributed by atoms with Gasteiger partial charge in [-0.25, -0.2) is 0 Å². The van der Waals surface area contributed by atoms with E-state index in [0.29, 0.717) is 0 Å². The first kappa shape index (κ1) is 24.2. The van der Waals surface area contributed by atoms with Crippen LogP contribution in [0.4, 0.5) is 17.1 Å². The molecule has 0 heterocycles. The van der Waals surface area contributed by atoms with Crippen LogP contribution in [0.3, 0.4) is 0 Å². The SMILES string of the molecule is CCCN(CCC)c1ccc(N=Nc2ccc(C=C(c3ccccc3)c3ccccc3)cc2)cc1. The van der Waals surface area contributed by atoms with Crippen molar-refractivity contribution in [3.05, 3.63) is 126 Å². The van der Waals surface area contributed by atoms with E-state index in [0.717, 1.165) is 42.9 Å². The number of anilines is 1. The average Bonchev–Trinajstić information content (AvgIpc) is 2.92. The lowest BCUT2D eigenvalue weighted by atomic mass is 9.96. The Balaban J connectivity index is 1.50. The molecule has 4 aromatic carbocycles. The minimum Gasteiger partial charge on any atom is -0.372 e. The van der Waals surface area contributed by atoms with Crippen LogP contribution < -0.4 is 4.90 Å². The maximum Gasteiger partial charge on any atom is 0.0858 e. The van der Waals surface area contributed by atoms with E-state index in [2.05, 4.69) is 108 Å². The monoisotopic (exact) mass is 459 g/mol. The van der Waals surface area contributed by atoms with Gasteiger partial charge in [-0.1, -0.05) is 86.6 Å². The van der Waals surface area contributed by atoms with E-state index in [1.54, 1.807) is 0 Å². The van der Waals surface area contributed by atoms with Crippen molar-refractivity contribution in [1.82, 2.24) is 0 Å². The first-order valence-electron chi connectivity index (χ1n) is 12.5. The van der Waals surface area contributed by atoms with Gasteiger partial charge in [0.2, 0.25) is 0 Å². The van der Waals surface area contributed by atoms with E-state index < -0.39 is 0 Å². The molecule has 0 fully saturated rings. The topological polar surface area (TPSA) is 28.0 Å². The highest BCUT2D eigenvalue weighted by molar-refractivity contribution is 5.91. The minimum absolute atomic E-state index is 0.839. The Morgan fingerprint density at radius 2 is 1.06 bits per heavy atom. The normalized spacial score (nSPS) is 10.9. The minimum atomic E-state index is 0.839. The van der Waals surface area contributed by atoms with Crippen LogP contribution in [0.25, 0.3) is 11.6 Å². The van der Waals surface area contributed by atoms with Crippen molar-refractivity contribution < 1.29 is 0 Å². The first-order chi connectivity index (χ1) is 17.3. The van der Waals surface area contributed by atoms with Crippen LogP contribution in [-0.2, 0) is 0 Å². The number of nitrogens with zero attached hydrogens (tertiary/aromatic N) is 3. The smallest absolute Gasteiger partial charge is 0.0858 e. The maximum absolute atomic E-state index is 4.45. The molecule has 4 rings (SSSR count). The number of hydrogen-bond acceptors (Lipinski definition) is 3. The van der Waals surface area contributed by atoms with Crippen molar-refractivity contribution in [2.24, 2.45) is 10.2 Å². The molecule has 0 spiro atoms. The number of rotatable bonds is 10. The Labute approximate surface area is 209 Å². The van der Waals surface area contributed by atoms with Crippen LogP contribution in [0.5, 0.6) is 0 Å². The lowest BCUT2D eigenvalue weighted by Crippen LogP contribution is -2.24. The first-order valence-corrected chi connectivity index (χ1v) is 12.5. The summed E-state index contributed by atoms with van der Waals surface area (Å²) in [5, 5.41) is 8.90. The summed E-state index contributed by atoms with van der Waals surface area (Å²) in [5.41, 5.74) is 7.66. The third-order valence-electron chi connectivity index (χ3n) is 5.86. The van der Waals surface area contributed by atoms with E-state index in [9.17, 15) is 0 Å². The van der Waals surface area contributed by atoms with Crippen LogP contribution in [-0.4, -0.2) is 13.1 Å². The molecular formula is C32H33N3. The predicted octanol–water partition coefficient (Wildman–Crippen LogP) is 9.32. The zero-order chi connectivity index (χ0) is 24.3. The summed E-state index contributed by atoms with van der Waals surface area (Å²) in [7, 11) is 0. The van der Waals surface area contributed by atoms with Gasteiger partial charge in [-0.2, -0.15) is 10.2 Å². The van der Waals surface area contributed by atoms with Crippen LogP contribution in [0.15, 0.2) is 119 Å². The summed E-state index contributed by atoms with van der Waals surface area (Å²) in [5.74, 6) is 0. The lowest BCUT2D eigenvalue weighted by Gasteiger charge is -2.23. The highest BCUT2D eigenvalue weighted by Gasteiger charge is 2.06. The average molecular weight is 460 g/mol. The zero-order valence-corrected chi connectivity index (χ0v) is 20.6. The molecule has 3 nitrogen and oxygen atoms in total. The molecular weight excluding hydrogens is 426 g/mol. The Bertz CT molecular complexity index is 1180. The van der Waals surface area contributed by atoms with Gasteiger partial charge in [0.15, 0.2) is 0 Å². The molecule has 3 heteroatoms. The second-order valence-electron chi connectivity index (χ2n) is 8.59. The third kappa shape index (κ3) is 6.77. The van der Waals surface area contributed by atoms with Gasteiger partial charge in [0.05, 0.1) is 11.4 Å². The van der Waals surface area contributed by atoms with Gasteiger partial charge < -0.3 is 4.90 Å². The van der Waals surface area contributed by atoms with Crippen molar-refractivity contribution in [2.75, 3.05) is 18.0 Å². The second kappa shape index (κ2) is 12.5. The summed E-state index contributed by atoms with van der Waals surface area (Å²) in [6.45, 7) is 6.59. The Morgan fingerprint density at radius 1 is 0.600 bits per heavy atom. The Morgan fingerprint density at radius 3 is 1.51 bits per heavy atom. The molecule has 0 radical (unpaired) electrons. The summed E-state index contributed by atoms with van der Waals surface area (Å²) in [6.07, 6.45) is 4.51. The van der Waals surface area contributed by atoms with Gasteiger partial charge >= 0.3 is 0 Å². The van der Waals surface area contributed by atoms with Crippen molar-refractivity contribution in [2.45, 2.75) is 26.7 Å². The predicted molar refractivity (Wildman–Crippen MR) is 150 cm³/mol. The second-order valence-corrected chi connectivity index (χ2v) is 8.59. The van der Waals surface area contributed by atoms with Crippen LogP contribution in [0, 0.1) is 0 Å². The standard InChI is InChI=1S/C32H33N3/c1-3-23-35(24-4-2)31-21-19-30(20-22-31)34-33-29-17-15-26(16-18-29)25-32(27-11-7-5-8-12-27)28-13-9-6-10-14-28/h5-22,25H,3-4,23-24H2,1-2H3. The molecule has 0 saturated heterocycles. The van der Waals surface area contributed by atoms with Gasteiger partial charge in [-0.15, -0.1) is 0 Å². The molecule has 0 aliphatic heterocycles. The molecule has 176 valence electrons. The Hall–Kier alpha value is -3.98. The highest BCUT2D eigenvalue weighted by Crippen LogP contribution is 2.27. The van der Waals surface area contributed by atoms with E-state index >= 15 is 0 Å². The molecule has 0 aliphatic carbocycles. The summed E-state index contributed by atoms with van der Waals surface area (Å²) < 4.78 is 0. The van der Waals surface area contributed by atoms with E-state index in [-0.39, 0.29) is 0 Å². The molecule has 0 unspecified atom stereocenters. The molecule has 35 heavy (non-hydrogen) atoms. The van der Waals surface area contributed by atoms with Gasteiger partial charge in [0.1, 0.15) is 0 Å². The van der Waals surface area contributed by atoms with Gasteiger partial charge in [0.25, 0.3) is 0 Å². The van der Waals surface area contributed by atoms with E-state index in [1.807, 2.05) is 36.4 Å². The molecule has 0 amide bonds. The fourth-order valence-corrected chi connectivity index (χ4v) is 4.13. The van der Waals surface area contributed by atoms with Crippen LogP contribution in [0.2, 0.25) is 0 Å². The Kier molecular flexibility index (Phi) is 8.61. The summed E-state index contributed by atoms with van der Waals surface area (Å²) in [6, 6.07) is 37.6. The highest BCUT2D eigenvalue weighted by atomic mass is 15.1. The summed E-state index contributed by atoms with van der Waals surface area (Å²) in [4.78, 5) is 2.42. The molecule has 0 saturated carbocycles. The molecule has 0 aliphatic rings. The van der Waals surface area contributed by atoms with Crippen molar-refractivity contribution >= 4 is 28.7 Å². The van der Waals surface area contributed by atoms with Crippen molar-refractivity contribution in [1.29, 1.82) is 0 Å².